The van der Waals surface area contributed by atoms with Gasteiger partial charge in [0.25, 0.3) is 6.47 Å². The lowest BCUT2D eigenvalue weighted by Crippen LogP contribution is -2.76. The van der Waals surface area contributed by atoms with E-state index in [9.17, 15) is 29.1 Å². The van der Waals surface area contributed by atoms with Crippen molar-refractivity contribution in [3.05, 3.63) is 36.3 Å². The molecule has 12 atom stereocenters. The number of Topliss-reactive ketones (excluding diaryl/α,β-unsaturated/α-hetero) is 2. The van der Waals surface area contributed by atoms with Gasteiger partial charge in [0.2, 0.25) is 0 Å². The highest BCUT2D eigenvalue weighted by Crippen LogP contribution is 2.73. The Morgan fingerprint density at radius 2 is 1.93 bits per heavy atom. The molecule has 0 aromatic carbocycles. The Balaban J connectivity index is 1.60. The molecule has 2 saturated heterocycles. The Labute approximate surface area is 262 Å². The minimum absolute atomic E-state index is 0.0207. The fourth-order valence-electron chi connectivity index (χ4n) is 9.87. The highest BCUT2D eigenvalue weighted by molar-refractivity contribution is 5.97. The van der Waals surface area contributed by atoms with Crippen LogP contribution in [0.4, 0.5) is 0 Å². The van der Waals surface area contributed by atoms with Crippen LogP contribution in [0.25, 0.3) is 0 Å². The first-order valence-corrected chi connectivity index (χ1v) is 15.8. The van der Waals surface area contributed by atoms with Crippen molar-refractivity contribution >= 4 is 30.0 Å². The zero-order chi connectivity index (χ0) is 32.7. The Morgan fingerprint density at radius 3 is 2.58 bits per heavy atom. The summed E-state index contributed by atoms with van der Waals surface area (Å²) in [6, 6.07) is 1.72. The molecule has 3 aliphatic carbocycles. The van der Waals surface area contributed by atoms with Crippen molar-refractivity contribution in [2.24, 2.45) is 34.0 Å². The molecular formula is C34H42O11. The highest BCUT2D eigenvalue weighted by Gasteiger charge is 2.81. The van der Waals surface area contributed by atoms with Gasteiger partial charge in [-0.3, -0.25) is 19.2 Å². The number of ether oxygens (including phenoxy) is 4. The lowest BCUT2D eigenvalue weighted by atomic mass is 9.44. The summed E-state index contributed by atoms with van der Waals surface area (Å²) in [6.45, 7) is 13.9. The van der Waals surface area contributed by atoms with Crippen molar-refractivity contribution in [3.63, 3.8) is 0 Å². The molecule has 0 radical (unpaired) electrons. The van der Waals surface area contributed by atoms with Crippen LogP contribution in [-0.4, -0.2) is 71.7 Å². The number of hydrogen-bond donors (Lipinski definition) is 1. The van der Waals surface area contributed by atoms with Crippen molar-refractivity contribution in [1.29, 1.82) is 0 Å². The van der Waals surface area contributed by atoms with Crippen LogP contribution in [0.1, 0.15) is 78.2 Å². The first-order chi connectivity index (χ1) is 21.2. The van der Waals surface area contributed by atoms with Gasteiger partial charge in [0.05, 0.1) is 30.7 Å². The molecular weight excluding hydrogens is 584 g/mol. The maximum atomic E-state index is 14.5. The Hall–Kier alpha value is -3.31. The summed E-state index contributed by atoms with van der Waals surface area (Å²) in [5.74, 6) is -4.15. The molecule has 3 saturated carbocycles. The van der Waals surface area contributed by atoms with E-state index >= 15 is 0 Å². The summed E-state index contributed by atoms with van der Waals surface area (Å²) in [4.78, 5) is 66.9. The number of fused-ring (bicyclic) bond motifs is 5. The van der Waals surface area contributed by atoms with Crippen LogP contribution in [0.15, 0.2) is 35.2 Å². The van der Waals surface area contributed by atoms with Gasteiger partial charge in [0.15, 0.2) is 17.5 Å². The zero-order valence-electron chi connectivity index (χ0n) is 26.4. The maximum Gasteiger partial charge on any atom is 0.335 e. The molecule has 2 aliphatic heterocycles. The fourth-order valence-corrected chi connectivity index (χ4v) is 9.87. The van der Waals surface area contributed by atoms with Crippen molar-refractivity contribution < 1.29 is 52.4 Å². The number of cyclic esters (lactones) is 1. The lowest BCUT2D eigenvalue weighted by Gasteiger charge is -2.68. The van der Waals surface area contributed by atoms with Gasteiger partial charge in [0.1, 0.15) is 18.0 Å². The number of ketones is 2. The third-order valence-electron chi connectivity index (χ3n) is 12.4. The summed E-state index contributed by atoms with van der Waals surface area (Å²) in [7, 11) is 0. The normalized spacial score (nSPS) is 43.6. The Morgan fingerprint density at radius 1 is 1.20 bits per heavy atom. The number of rotatable bonds is 7. The molecule has 11 nitrogen and oxygen atoms in total. The van der Waals surface area contributed by atoms with E-state index in [1.54, 1.807) is 19.9 Å². The number of furan rings is 1. The van der Waals surface area contributed by atoms with Gasteiger partial charge in [-0.05, 0) is 29.0 Å². The predicted molar refractivity (Wildman–Crippen MR) is 155 cm³/mol. The van der Waals surface area contributed by atoms with Crippen LogP contribution in [0.2, 0.25) is 0 Å². The van der Waals surface area contributed by atoms with E-state index in [0.717, 1.165) is 0 Å². The number of carbonyl (C=O) groups excluding carboxylic acids is 5. The molecule has 45 heavy (non-hydrogen) atoms. The summed E-state index contributed by atoms with van der Waals surface area (Å²) >= 11 is 0. The molecule has 0 unspecified atom stereocenters. The zero-order valence-corrected chi connectivity index (χ0v) is 26.4. The standard InChI is InChI=1S/C34H42O11/c1-7-17(2)27(39)30(40)44-29-28(43-16-35)26-18(3)34(23(37)11-21(33(29,34)6)19-8-9-41-14-19)45-24-10-20(36)13-31(4)15-42-25(38)12-22(31)32(24,26)5/h8-9,14,16-17,21-22,24,26-29,39H,3,7,10-13,15H2,1-2,4-6H3/t17-,21-,22-,24+,26+,27+,28+,29-,31+,32+,33+,34+/m0/s1. The molecule has 5 fully saturated rings. The van der Waals surface area contributed by atoms with Gasteiger partial charge in [-0.15, -0.1) is 0 Å². The van der Waals surface area contributed by atoms with E-state index in [4.69, 9.17) is 23.4 Å². The molecule has 244 valence electrons. The van der Waals surface area contributed by atoms with E-state index in [1.165, 1.54) is 12.5 Å². The van der Waals surface area contributed by atoms with Gasteiger partial charge in [0, 0.05) is 48.3 Å². The van der Waals surface area contributed by atoms with E-state index < -0.39 is 81.9 Å². The lowest BCUT2D eigenvalue weighted by molar-refractivity contribution is -0.296. The molecule has 1 spiro atoms. The quantitative estimate of drug-likeness (QED) is 0.205. The minimum Gasteiger partial charge on any atom is -0.472 e. The van der Waals surface area contributed by atoms with E-state index in [2.05, 4.69) is 6.58 Å². The first kappa shape index (κ1) is 31.7. The van der Waals surface area contributed by atoms with Gasteiger partial charge in [-0.1, -0.05) is 47.6 Å². The average molecular weight is 627 g/mol. The number of hydrogen-bond acceptors (Lipinski definition) is 11. The van der Waals surface area contributed by atoms with E-state index in [-0.39, 0.29) is 50.3 Å². The molecule has 1 N–H and O–H groups in total. The van der Waals surface area contributed by atoms with Crippen LogP contribution in [-0.2, 0) is 42.9 Å². The van der Waals surface area contributed by atoms with Gasteiger partial charge >= 0.3 is 11.9 Å². The average Bonchev–Trinajstić information content (AvgIpc) is 3.58. The second-order valence-corrected chi connectivity index (χ2v) is 14.6. The second-order valence-electron chi connectivity index (χ2n) is 14.6. The topological polar surface area (TPSA) is 156 Å². The smallest absolute Gasteiger partial charge is 0.335 e. The van der Waals surface area contributed by atoms with E-state index in [1.807, 2.05) is 20.8 Å². The first-order valence-electron chi connectivity index (χ1n) is 15.8. The van der Waals surface area contributed by atoms with Crippen LogP contribution >= 0.6 is 0 Å². The van der Waals surface area contributed by atoms with Crippen LogP contribution in [0.5, 0.6) is 0 Å². The van der Waals surface area contributed by atoms with Crippen molar-refractivity contribution in [3.8, 4) is 0 Å². The third-order valence-corrected chi connectivity index (χ3v) is 12.4. The monoisotopic (exact) mass is 626 g/mol. The van der Waals surface area contributed by atoms with Gasteiger partial charge in [-0.2, -0.15) is 0 Å². The molecule has 1 aromatic rings. The minimum atomic E-state index is -1.74. The van der Waals surface area contributed by atoms with Crippen LogP contribution < -0.4 is 0 Å². The van der Waals surface area contributed by atoms with Crippen molar-refractivity contribution in [1.82, 2.24) is 0 Å². The second kappa shape index (κ2) is 10.6. The molecule has 11 heteroatoms. The SMILES string of the molecule is C=C1[C@@H]2[C@@H](OC=O)[C@H](OC(=O)[C@H](O)[C@@H](C)CC)[C@@]3(C)[C@H](c4ccoc4)CC(=O)[C@]13O[C@@H]1CC(=O)C[C@]3(C)COC(=O)C[C@@H]3[C@@]21C. The molecule has 3 heterocycles. The van der Waals surface area contributed by atoms with E-state index in [0.29, 0.717) is 17.6 Å². The summed E-state index contributed by atoms with van der Waals surface area (Å²) in [6.07, 6.45) is -1.26. The Kier molecular flexibility index (Phi) is 7.47. The van der Waals surface area contributed by atoms with Crippen molar-refractivity contribution in [2.45, 2.75) is 103 Å². The predicted octanol–water partition coefficient (Wildman–Crippen LogP) is 3.46. The Bertz CT molecular complexity index is 1430. The molecule has 2 bridgehead atoms. The summed E-state index contributed by atoms with van der Waals surface area (Å²) in [5.41, 5.74) is -3.98. The number of aliphatic hydroxyl groups excluding tert-OH is 1. The number of aliphatic hydroxyl groups is 1. The number of esters is 2. The largest absolute Gasteiger partial charge is 0.472 e. The third kappa shape index (κ3) is 4.11. The van der Waals surface area contributed by atoms with Crippen LogP contribution in [0.3, 0.4) is 0 Å². The van der Waals surface area contributed by atoms with Gasteiger partial charge in [-0.25, -0.2) is 4.79 Å². The molecule has 6 rings (SSSR count). The molecule has 1 aromatic heterocycles. The van der Waals surface area contributed by atoms with Gasteiger partial charge < -0.3 is 28.5 Å². The maximum absolute atomic E-state index is 14.5. The molecule has 0 amide bonds. The molecule has 5 aliphatic rings. The highest BCUT2D eigenvalue weighted by atomic mass is 16.6. The van der Waals surface area contributed by atoms with Crippen LogP contribution in [0, 0.1) is 34.0 Å². The summed E-state index contributed by atoms with van der Waals surface area (Å²) in [5, 5.41) is 10.9. The fraction of sp³-hybridized carbons (Fsp3) is 0.676. The van der Waals surface area contributed by atoms with Crippen molar-refractivity contribution in [2.75, 3.05) is 6.61 Å². The number of carbonyl (C=O) groups is 5. The summed E-state index contributed by atoms with van der Waals surface area (Å²) < 4.78 is 30.1.